The van der Waals surface area contributed by atoms with Crippen molar-refractivity contribution in [3.05, 3.63) is 53.1 Å². The fraction of sp³-hybridized carbons (Fsp3) is 0.364. The number of rotatable bonds is 7. The highest BCUT2D eigenvalue weighted by Gasteiger charge is 2.32. The van der Waals surface area contributed by atoms with Gasteiger partial charge in [0.25, 0.3) is 5.91 Å². The van der Waals surface area contributed by atoms with Gasteiger partial charge in [0, 0.05) is 12.1 Å². The van der Waals surface area contributed by atoms with E-state index < -0.39 is 23.6 Å². The number of aromatic nitrogens is 3. The van der Waals surface area contributed by atoms with Crippen LogP contribution in [0.15, 0.2) is 36.4 Å². The van der Waals surface area contributed by atoms with Gasteiger partial charge in [-0.3, -0.25) is 4.79 Å². The van der Waals surface area contributed by atoms with E-state index in [1.807, 2.05) is 38.1 Å². The SMILES string of the molecule is Cc1cc(CN(C)C)c2nn(CC(C)(C#N)NC(=O)c3ccc(OC(F)(F)F)cc3)nc2c1. The lowest BCUT2D eigenvalue weighted by atomic mass is 10.0. The molecular formula is C22H23F3N6O2. The number of carbonyl (C=O) groups is 1. The number of nitriles is 1. The van der Waals surface area contributed by atoms with E-state index in [0.29, 0.717) is 17.6 Å². The maximum atomic E-state index is 12.6. The fourth-order valence-electron chi connectivity index (χ4n) is 3.34. The largest absolute Gasteiger partial charge is 0.573 e. The number of nitrogens with zero attached hydrogens (tertiary/aromatic N) is 5. The molecule has 1 heterocycles. The van der Waals surface area contributed by atoms with Gasteiger partial charge in [0.1, 0.15) is 22.3 Å². The Bertz CT molecular complexity index is 1200. The van der Waals surface area contributed by atoms with Crippen molar-refractivity contribution in [1.82, 2.24) is 25.2 Å². The van der Waals surface area contributed by atoms with Crippen molar-refractivity contribution in [1.29, 1.82) is 5.26 Å². The Morgan fingerprint density at radius 3 is 2.45 bits per heavy atom. The lowest BCUT2D eigenvalue weighted by Crippen LogP contribution is -2.48. The summed E-state index contributed by atoms with van der Waals surface area (Å²) in [7, 11) is 3.89. The van der Waals surface area contributed by atoms with Gasteiger partial charge in [0.05, 0.1) is 12.6 Å². The Morgan fingerprint density at radius 2 is 1.88 bits per heavy atom. The Morgan fingerprint density at radius 1 is 1.21 bits per heavy atom. The first-order valence-corrected chi connectivity index (χ1v) is 9.96. The number of fused-ring (bicyclic) bond motifs is 1. The van der Waals surface area contributed by atoms with Crippen LogP contribution in [0.4, 0.5) is 13.2 Å². The topological polar surface area (TPSA) is 96.1 Å². The lowest BCUT2D eigenvalue weighted by molar-refractivity contribution is -0.274. The number of nitrogens with one attached hydrogen (secondary N) is 1. The third-order valence-corrected chi connectivity index (χ3v) is 4.68. The first-order chi connectivity index (χ1) is 15.4. The van der Waals surface area contributed by atoms with Crippen LogP contribution >= 0.6 is 0 Å². The van der Waals surface area contributed by atoms with Gasteiger partial charge in [-0.05, 0) is 69.4 Å². The van der Waals surface area contributed by atoms with Crippen molar-refractivity contribution >= 4 is 16.9 Å². The second-order valence-electron chi connectivity index (χ2n) is 8.23. The van der Waals surface area contributed by atoms with Gasteiger partial charge in [-0.25, -0.2) is 0 Å². The van der Waals surface area contributed by atoms with Gasteiger partial charge in [-0.15, -0.1) is 13.2 Å². The van der Waals surface area contributed by atoms with E-state index >= 15 is 0 Å². The number of aryl methyl sites for hydroxylation is 1. The summed E-state index contributed by atoms with van der Waals surface area (Å²) in [4.78, 5) is 16.0. The van der Waals surface area contributed by atoms with Crippen LogP contribution in [0.1, 0.15) is 28.4 Å². The minimum atomic E-state index is -4.82. The summed E-state index contributed by atoms with van der Waals surface area (Å²) < 4.78 is 40.7. The number of halogens is 3. The van der Waals surface area contributed by atoms with Crippen molar-refractivity contribution < 1.29 is 22.7 Å². The minimum absolute atomic E-state index is 0.0281. The molecular weight excluding hydrogens is 437 g/mol. The Labute approximate surface area is 188 Å². The highest BCUT2D eigenvalue weighted by atomic mass is 19.4. The van der Waals surface area contributed by atoms with Gasteiger partial charge in [0.2, 0.25) is 0 Å². The van der Waals surface area contributed by atoms with Gasteiger partial charge in [-0.2, -0.15) is 20.3 Å². The summed E-state index contributed by atoms with van der Waals surface area (Å²) in [5.74, 6) is -1.07. The number of benzene rings is 2. The highest BCUT2D eigenvalue weighted by Crippen LogP contribution is 2.23. The molecule has 3 rings (SSSR count). The first-order valence-electron chi connectivity index (χ1n) is 9.96. The zero-order valence-corrected chi connectivity index (χ0v) is 18.6. The van der Waals surface area contributed by atoms with Crippen molar-refractivity contribution in [3.63, 3.8) is 0 Å². The van der Waals surface area contributed by atoms with Crippen LogP contribution in [0, 0.1) is 18.3 Å². The maximum absolute atomic E-state index is 12.6. The highest BCUT2D eigenvalue weighted by molar-refractivity contribution is 5.95. The van der Waals surface area contributed by atoms with E-state index in [0.717, 1.165) is 23.3 Å². The lowest BCUT2D eigenvalue weighted by Gasteiger charge is -2.22. The summed E-state index contributed by atoms with van der Waals surface area (Å²) >= 11 is 0. The Balaban J connectivity index is 1.78. The summed E-state index contributed by atoms with van der Waals surface area (Å²) in [5.41, 5.74) is 2.11. The normalized spacial score (nSPS) is 13.5. The van der Waals surface area contributed by atoms with Gasteiger partial charge in [0.15, 0.2) is 0 Å². The van der Waals surface area contributed by atoms with Crippen molar-refractivity contribution in [3.8, 4) is 11.8 Å². The van der Waals surface area contributed by atoms with E-state index in [2.05, 4.69) is 26.3 Å². The number of carbonyl (C=O) groups excluding carboxylic acids is 1. The van der Waals surface area contributed by atoms with Crippen molar-refractivity contribution in [2.75, 3.05) is 14.1 Å². The average molecular weight is 460 g/mol. The molecule has 0 bridgehead atoms. The molecule has 0 aliphatic carbocycles. The molecule has 0 fully saturated rings. The molecule has 1 aromatic heterocycles. The molecule has 1 N–H and O–H groups in total. The molecule has 33 heavy (non-hydrogen) atoms. The first kappa shape index (κ1) is 24.0. The van der Waals surface area contributed by atoms with Crippen LogP contribution < -0.4 is 10.1 Å². The van der Waals surface area contributed by atoms with E-state index in [1.165, 1.54) is 23.9 Å². The zero-order chi connectivity index (χ0) is 24.4. The maximum Gasteiger partial charge on any atom is 0.573 e. The number of amides is 1. The summed E-state index contributed by atoms with van der Waals surface area (Å²) in [5, 5.41) is 21.3. The van der Waals surface area contributed by atoms with Crippen LogP contribution in [0.2, 0.25) is 0 Å². The van der Waals surface area contributed by atoms with Gasteiger partial charge >= 0.3 is 6.36 Å². The molecule has 8 nitrogen and oxygen atoms in total. The minimum Gasteiger partial charge on any atom is -0.406 e. The summed E-state index contributed by atoms with van der Waals surface area (Å²) in [6.45, 7) is 4.12. The summed E-state index contributed by atoms with van der Waals surface area (Å²) in [6.07, 6.45) is -4.82. The third kappa shape index (κ3) is 6.20. The Hall–Kier alpha value is -3.65. The van der Waals surface area contributed by atoms with Crippen LogP contribution in [0.5, 0.6) is 5.75 Å². The molecule has 0 saturated carbocycles. The second kappa shape index (κ2) is 9.07. The van der Waals surface area contributed by atoms with Gasteiger partial charge in [-0.1, -0.05) is 6.07 Å². The van der Waals surface area contributed by atoms with Crippen LogP contribution in [0.25, 0.3) is 11.0 Å². The fourth-order valence-corrected chi connectivity index (χ4v) is 3.34. The molecule has 1 unspecified atom stereocenters. The molecule has 174 valence electrons. The molecule has 2 aromatic carbocycles. The predicted molar refractivity (Wildman–Crippen MR) is 114 cm³/mol. The van der Waals surface area contributed by atoms with Crippen LogP contribution in [0.3, 0.4) is 0 Å². The van der Waals surface area contributed by atoms with Gasteiger partial charge < -0.3 is 15.0 Å². The van der Waals surface area contributed by atoms with E-state index in [-0.39, 0.29) is 12.1 Å². The molecule has 11 heteroatoms. The number of hydrogen-bond donors (Lipinski definition) is 1. The molecule has 1 amide bonds. The Kier molecular flexibility index (Phi) is 6.60. The van der Waals surface area contributed by atoms with Crippen LogP contribution in [-0.4, -0.2) is 51.8 Å². The number of ether oxygens (including phenoxy) is 1. The molecule has 0 aliphatic heterocycles. The monoisotopic (exact) mass is 460 g/mol. The zero-order valence-electron chi connectivity index (χ0n) is 18.6. The number of hydrogen-bond acceptors (Lipinski definition) is 6. The molecule has 1 atom stereocenters. The van der Waals surface area contributed by atoms with E-state index in [9.17, 15) is 23.2 Å². The van der Waals surface area contributed by atoms with Crippen molar-refractivity contribution in [2.45, 2.75) is 38.8 Å². The molecule has 0 saturated heterocycles. The van der Waals surface area contributed by atoms with E-state index in [4.69, 9.17) is 0 Å². The molecule has 3 aromatic rings. The average Bonchev–Trinajstić information content (AvgIpc) is 3.08. The smallest absolute Gasteiger partial charge is 0.406 e. The quantitative estimate of drug-likeness (QED) is 0.581. The summed E-state index contributed by atoms with van der Waals surface area (Å²) in [6, 6.07) is 10.4. The third-order valence-electron chi connectivity index (χ3n) is 4.68. The predicted octanol–water partition coefficient (Wildman–Crippen LogP) is 3.41. The number of alkyl halides is 3. The molecule has 0 aliphatic rings. The molecule has 0 spiro atoms. The van der Waals surface area contributed by atoms with Crippen molar-refractivity contribution in [2.24, 2.45) is 0 Å². The standard InChI is InChI=1S/C22H23F3N6O2/c1-14-9-16(11-30(3)4)19-18(10-14)28-31(29-19)13-21(2,12-26)27-20(32)15-5-7-17(8-6-15)33-22(23,24)25/h5-10H,11,13H2,1-4H3,(H,27,32). The second-order valence-corrected chi connectivity index (χ2v) is 8.23. The van der Waals surface area contributed by atoms with Crippen LogP contribution in [-0.2, 0) is 13.1 Å². The molecule has 0 radical (unpaired) electrons. The van der Waals surface area contributed by atoms with E-state index in [1.54, 1.807) is 0 Å².